The van der Waals surface area contributed by atoms with Gasteiger partial charge in [-0.1, -0.05) is 12.1 Å². The molecule has 1 aromatic heterocycles. The lowest BCUT2D eigenvalue weighted by atomic mass is 10.1. The number of aromatic nitrogens is 2. The van der Waals surface area contributed by atoms with Gasteiger partial charge in [0.1, 0.15) is 5.75 Å². The highest BCUT2D eigenvalue weighted by atomic mass is 16.5. The number of nitrogens with zero attached hydrogens (tertiary/aromatic N) is 2. The van der Waals surface area contributed by atoms with Gasteiger partial charge in [-0.15, -0.1) is 0 Å². The fraction of sp³-hybridized carbons (Fsp3) is 0.238. The van der Waals surface area contributed by atoms with E-state index in [0.29, 0.717) is 28.0 Å². The number of methoxy groups -OCH3 is 1. The van der Waals surface area contributed by atoms with Crippen LogP contribution in [-0.4, -0.2) is 28.5 Å². The second-order valence-corrected chi connectivity index (χ2v) is 6.61. The number of carbonyl (C=O) groups is 2. The minimum Gasteiger partial charge on any atom is -0.495 e. The number of anilines is 2. The third-order valence-electron chi connectivity index (χ3n) is 4.43. The first-order valence-electron chi connectivity index (χ1n) is 9.09. The lowest BCUT2D eigenvalue weighted by Gasteiger charge is -2.13. The Morgan fingerprint density at radius 3 is 2.69 bits per heavy atom. The van der Waals surface area contributed by atoms with Crippen LogP contribution in [0.3, 0.4) is 0 Å². The molecule has 29 heavy (non-hydrogen) atoms. The summed E-state index contributed by atoms with van der Waals surface area (Å²) in [5.41, 5.74) is 2.38. The first-order valence-corrected chi connectivity index (χ1v) is 9.09. The summed E-state index contributed by atoms with van der Waals surface area (Å²) in [5, 5.41) is 5.94. The van der Waals surface area contributed by atoms with Crippen molar-refractivity contribution in [2.24, 2.45) is 0 Å². The summed E-state index contributed by atoms with van der Waals surface area (Å²) in [6, 6.07) is 10.4. The van der Waals surface area contributed by atoms with Gasteiger partial charge in [0, 0.05) is 25.6 Å². The van der Waals surface area contributed by atoms with Crippen LogP contribution in [0, 0.1) is 6.92 Å². The number of para-hydroxylation sites is 1. The van der Waals surface area contributed by atoms with Crippen molar-refractivity contribution in [1.29, 1.82) is 0 Å². The van der Waals surface area contributed by atoms with Crippen molar-refractivity contribution in [3.8, 4) is 5.75 Å². The zero-order chi connectivity index (χ0) is 21.0. The Bertz CT molecular complexity index is 1140. The predicted octanol–water partition coefficient (Wildman–Crippen LogP) is 2.70. The Morgan fingerprint density at radius 1 is 1.17 bits per heavy atom. The number of hydrogen-bond donors (Lipinski definition) is 2. The average Bonchev–Trinajstić information content (AvgIpc) is 2.68. The summed E-state index contributed by atoms with van der Waals surface area (Å²) in [5.74, 6) is -0.0437. The monoisotopic (exact) mass is 394 g/mol. The lowest BCUT2D eigenvalue weighted by molar-refractivity contribution is -0.116. The number of carbonyl (C=O) groups excluding carboxylic acids is 2. The fourth-order valence-corrected chi connectivity index (χ4v) is 3.02. The largest absolute Gasteiger partial charge is 0.495 e. The van der Waals surface area contributed by atoms with Gasteiger partial charge in [-0.05, 0) is 36.8 Å². The van der Waals surface area contributed by atoms with Crippen LogP contribution in [0.5, 0.6) is 5.75 Å². The number of ether oxygens (including phenoxy) is 1. The maximum Gasteiger partial charge on any atom is 0.261 e. The molecule has 3 aromatic rings. The van der Waals surface area contributed by atoms with Crippen LogP contribution in [0.4, 0.5) is 11.4 Å². The van der Waals surface area contributed by atoms with Gasteiger partial charge in [0.15, 0.2) is 0 Å². The molecule has 0 bridgehead atoms. The van der Waals surface area contributed by atoms with Gasteiger partial charge in [0.25, 0.3) is 5.56 Å². The zero-order valence-corrected chi connectivity index (χ0v) is 16.5. The van der Waals surface area contributed by atoms with Crippen LogP contribution in [0.1, 0.15) is 18.9 Å². The highest BCUT2D eigenvalue weighted by Crippen LogP contribution is 2.28. The Morgan fingerprint density at radius 2 is 1.97 bits per heavy atom. The number of aryl methyl sites for hydroxylation is 2. The molecule has 0 spiro atoms. The van der Waals surface area contributed by atoms with E-state index in [4.69, 9.17) is 4.74 Å². The normalized spacial score (nSPS) is 10.6. The maximum atomic E-state index is 12.6. The molecule has 8 nitrogen and oxygen atoms in total. The molecule has 0 aliphatic carbocycles. The van der Waals surface area contributed by atoms with E-state index < -0.39 is 0 Å². The summed E-state index contributed by atoms with van der Waals surface area (Å²) in [4.78, 5) is 40.6. The number of fused-ring (bicyclic) bond motifs is 1. The van der Waals surface area contributed by atoms with Crippen molar-refractivity contribution in [2.75, 3.05) is 17.7 Å². The van der Waals surface area contributed by atoms with Crippen LogP contribution in [0.15, 0.2) is 47.5 Å². The second kappa shape index (κ2) is 8.55. The van der Waals surface area contributed by atoms with Crippen molar-refractivity contribution in [1.82, 2.24) is 9.55 Å². The highest BCUT2D eigenvalue weighted by molar-refractivity contribution is 5.95. The number of rotatable bonds is 6. The summed E-state index contributed by atoms with van der Waals surface area (Å²) in [7, 11) is 1.49. The lowest BCUT2D eigenvalue weighted by Crippen LogP contribution is -2.24. The first kappa shape index (κ1) is 20.1. The number of nitrogens with one attached hydrogen (secondary N) is 2. The van der Waals surface area contributed by atoms with E-state index >= 15 is 0 Å². The molecule has 0 saturated carbocycles. The number of hydrogen-bond acceptors (Lipinski definition) is 5. The summed E-state index contributed by atoms with van der Waals surface area (Å²) < 4.78 is 6.68. The van der Waals surface area contributed by atoms with Crippen LogP contribution < -0.4 is 20.9 Å². The van der Waals surface area contributed by atoms with Crippen molar-refractivity contribution >= 4 is 34.1 Å². The molecule has 0 radical (unpaired) electrons. The van der Waals surface area contributed by atoms with Crippen LogP contribution in [0.25, 0.3) is 10.9 Å². The van der Waals surface area contributed by atoms with E-state index in [-0.39, 0.29) is 30.3 Å². The molecule has 2 N–H and O–H groups in total. The standard InChI is InChI=1S/C21H22N4O4/c1-13-5-4-6-16-20(13)22-12-25(21(16)28)10-9-19(27)24-17-11-15(23-14(2)26)7-8-18(17)29-3/h4-8,11-12H,9-10H2,1-3H3,(H,23,26)(H,24,27). The molecule has 0 unspecified atom stereocenters. The molecule has 0 atom stereocenters. The molecule has 3 rings (SSSR count). The smallest absolute Gasteiger partial charge is 0.261 e. The molecule has 2 aromatic carbocycles. The SMILES string of the molecule is COc1ccc(NC(C)=O)cc1NC(=O)CCn1cnc2c(C)cccc2c1=O. The van der Waals surface area contributed by atoms with Crippen molar-refractivity contribution in [2.45, 2.75) is 26.8 Å². The quantitative estimate of drug-likeness (QED) is 0.669. The molecular formula is C21H22N4O4. The minimum atomic E-state index is -0.292. The molecule has 2 amide bonds. The summed E-state index contributed by atoms with van der Waals surface area (Å²) in [6.45, 7) is 3.49. The maximum absolute atomic E-state index is 12.6. The van der Waals surface area contributed by atoms with E-state index in [1.807, 2.05) is 19.1 Å². The van der Waals surface area contributed by atoms with Crippen LogP contribution in [0.2, 0.25) is 0 Å². The van der Waals surface area contributed by atoms with Gasteiger partial charge in [-0.25, -0.2) is 4.98 Å². The molecule has 0 saturated heterocycles. The highest BCUT2D eigenvalue weighted by Gasteiger charge is 2.11. The first-order chi connectivity index (χ1) is 13.9. The Hall–Kier alpha value is -3.68. The molecule has 0 fully saturated rings. The van der Waals surface area contributed by atoms with E-state index in [9.17, 15) is 14.4 Å². The molecule has 150 valence electrons. The van der Waals surface area contributed by atoms with Gasteiger partial charge in [-0.2, -0.15) is 0 Å². The van der Waals surface area contributed by atoms with Crippen LogP contribution >= 0.6 is 0 Å². The van der Waals surface area contributed by atoms with Gasteiger partial charge < -0.3 is 15.4 Å². The van der Waals surface area contributed by atoms with Crippen LogP contribution in [-0.2, 0) is 16.1 Å². The van der Waals surface area contributed by atoms with Crippen molar-refractivity contribution < 1.29 is 14.3 Å². The molecule has 0 aliphatic rings. The number of amides is 2. The zero-order valence-electron chi connectivity index (χ0n) is 16.5. The van der Waals surface area contributed by atoms with Gasteiger partial charge >= 0.3 is 0 Å². The van der Waals surface area contributed by atoms with Gasteiger partial charge in [-0.3, -0.25) is 19.0 Å². The Balaban J connectivity index is 1.73. The van der Waals surface area contributed by atoms with Crippen molar-refractivity contribution in [3.05, 3.63) is 58.6 Å². The molecule has 0 aliphatic heterocycles. The Labute approximate surface area is 167 Å². The summed E-state index contributed by atoms with van der Waals surface area (Å²) in [6.07, 6.45) is 1.54. The number of benzene rings is 2. The van der Waals surface area contributed by atoms with E-state index in [1.165, 1.54) is 24.9 Å². The van der Waals surface area contributed by atoms with E-state index in [1.54, 1.807) is 24.3 Å². The van der Waals surface area contributed by atoms with Crippen molar-refractivity contribution in [3.63, 3.8) is 0 Å². The Kier molecular flexibility index (Phi) is 5.92. The summed E-state index contributed by atoms with van der Waals surface area (Å²) >= 11 is 0. The van der Waals surface area contributed by atoms with Gasteiger partial charge in [0.05, 0.1) is 30.0 Å². The minimum absolute atomic E-state index is 0.0758. The predicted molar refractivity (Wildman–Crippen MR) is 111 cm³/mol. The second-order valence-electron chi connectivity index (χ2n) is 6.61. The molecule has 8 heteroatoms. The van der Waals surface area contributed by atoms with E-state index in [2.05, 4.69) is 15.6 Å². The molecule has 1 heterocycles. The topological polar surface area (TPSA) is 102 Å². The molecular weight excluding hydrogens is 372 g/mol. The third kappa shape index (κ3) is 4.60. The average molecular weight is 394 g/mol. The fourth-order valence-electron chi connectivity index (χ4n) is 3.02. The van der Waals surface area contributed by atoms with Gasteiger partial charge in [0.2, 0.25) is 11.8 Å². The van der Waals surface area contributed by atoms with E-state index in [0.717, 1.165) is 5.56 Å². The third-order valence-corrected chi connectivity index (χ3v) is 4.43.